The Morgan fingerprint density at radius 1 is 1.14 bits per heavy atom. The minimum atomic E-state index is 0.228. The van der Waals surface area contributed by atoms with Gasteiger partial charge in [0, 0.05) is 5.54 Å². The molecule has 1 nitrogen and oxygen atoms in total. The van der Waals surface area contributed by atoms with Crippen molar-refractivity contribution in [3.05, 3.63) is 35.4 Å². The highest BCUT2D eigenvalue weighted by molar-refractivity contribution is 5.27. The van der Waals surface area contributed by atoms with Crippen molar-refractivity contribution >= 4 is 0 Å². The first-order chi connectivity index (χ1) is 9.99. The van der Waals surface area contributed by atoms with Gasteiger partial charge in [-0.05, 0) is 69.5 Å². The Balaban J connectivity index is 2.08. The van der Waals surface area contributed by atoms with Gasteiger partial charge >= 0.3 is 0 Å². The SMILES string of the molecule is CCCc1cccc(C2CCCCC2CNC(C)(C)C)c1. The molecule has 0 radical (unpaired) electrons. The van der Waals surface area contributed by atoms with Crippen LogP contribution in [0.1, 0.15) is 76.8 Å². The molecule has 0 bridgehead atoms. The lowest BCUT2D eigenvalue weighted by Gasteiger charge is -2.34. The average molecular weight is 287 g/mol. The lowest BCUT2D eigenvalue weighted by Crippen LogP contribution is -2.41. The van der Waals surface area contributed by atoms with Crippen molar-refractivity contribution in [1.82, 2.24) is 5.32 Å². The molecule has 118 valence electrons. The molecule has 1 aliphatic carbocycles. The summed E-state index contributed by atoms with van der Waals surface area (Å²) in [5.41, 5.74) is 3.33. The van der Waals surface area contributed by atoms with Crippen molar-refractivity contribution in [2.75, 3.05) is 6.54 Å². The fraction of sp³-hybridized carbons (Fsp3) is 0.700. The van der Waals surface area contributed by atoms with E-state index in [0.29, 0.717) is 0 Å². The summed E-state index contributed by atoms with van der Waals surface area (Å²) < 4.78 is 0. The van der Waals surface area contributed by atoms with Crippen molar-refractivity contribution in [2.24, 2.45) is 5.92 Å². The molecule has 0 saturated heterocycles. The van der Waals surface area contributed by atoms with Crippen LogP contribution in [0.4, 0.5) is 0 Å². The fourth-order valence-electron chi connectivity index (χ4n) is 3.60. The quantitative estimate of drug-likeness (QED) is 0.774. The Morgan fingerprint density at radius 3 is 2.62 bits per heavy atom. The molecule has 0 heterocycles. The third-order valence-corrected chi connectivity index (χ3v) is 4.72. The predicted molar refractivity (Wildman–Crippen MR) is 92.9 cm³/mol. The molecule has 1 aliphatic rings. The topological polar surface area (TPSA) is 12.0 Å². The van der Waals surface area contributed by atoms with Gasteiger partial charge in [0.2, 0.25) is 0 Å². The smallest absolute Gasteiger partial charge is 0.00966 e. The van der Waals surface area contributed by atoms with Gasteiger partial charge in [-0.2, -0.15) is 0 Å². The molecule has 2 unspecified atom stereocenters. The van der Waals surface area contributed by atoms with E-state index < -0.39 is 0 Å². The molecule has 1 aromatic carbocycles. The van der Waals surface area contributed by atoms with Crippen molar-refractivity contribution in [2.45, 2.75) is 77.7 Å². The van der Waals surface area contributed by atoms with Crippen LogP contribution in [-0.4, -0.2) is 12.1 Å². The molecule has 0 amide bonds. The molecule has 2 atom stereocenters. The van der Waals surface area contributed by atoms with Crippen LogP contribution in [0.3, 0.4) is 0 Å². The van der Waals surface area contributed by atoms with Crippen LogP contribution >= 0.6 is 0 Å². The molecule has 0 aromatic heterocycles. The molecule has 1 saturated carbocycles. The first kappa shape index (κ1) is 16.5. The number of hydrogen-bond acceptors (Lipinski definition) is 1. The maximum Gasteiger partial charge on any atom is 0.00966 e. The summed E-state index contributed by atoms with van der Waals surface area (Å²) in [6, 6.07) is 9.39. The third-order valence-electron chi connectivity index (χ3n) is 4.72. The second-order valence-corrected chi connectivity index (χ2v) is 7.78. The Morgan fingerprint density at radius 2 is 1.90 bits per heavy atom. The first-order valence-electron chi connectivity index (χ1n) is 8.83. The highest BCUT2D eigenvalue weighted by Gasteiger charge is 2.27. The van der Waals surface area contributed by atoms with E-state index in [0.717, 1.165) is 18.4 Å². The Labute approximate surface area is 131 Å². The largest absolute Gasteiger partial charge is 0.312 e. The lowest BCUT2D eigenvalue weighted by atomic mass is 9.75. The number of aryl methyl sites for hydroxylation is 1. The zero-order chi connectivity index (χ0) is 15.3. The fourth-order valence-corrected chi connectivity index (χ4v) is 3.60. The van der Waals surface area contributed by atoms with Crippen LogP contribution in [0, 0.1) is 5.92 Å². The zero-order valence-corrected chi connectivity index (χ0v) is 14.4. The van der Waals surface area contributed by atoms with E-state index >= 15 is 0 Å². The molecule has 0 aliphatic heterocycles. The van der Waals surface area contributed by atoms with E-state index in [2.05, 4.69) is 57.3 Å². The van der Waals surface area contributed by atoms with Crippen LogP contribution < -0.4 is 5.32 Å². The van der Waals surface area contributed by atoms with Gasteiger partial charge in [0.1, 0.15) is 0 Å². The summed E-state index contributed by atoms with van der Waals surface area (Å²) >= 11 is 0. The highest BCUT2D eigenvalue weighted by Crippen LogP contribution is 2.38. The van der Waals surface area contributed by atoms with E-state index in [1.807, 2.05) is 0 Å². The Kier molecular flexibility index (Phi) is 5.87. The summed E-state index contributed by atoms with van der Waals surface area (Å²) in [5.74, 6) is 1.56. The second kappa shape index (κ2) is 7.45. The molecule has 1 heteroatoms. The number of hydrogen-bond donors (Lipinski definition) is 1. The second-order valence-electron chi connectivity index (χ2n) is 7.78. The molecule has 1 N–H and O–H groups in total. The van der Waals surface area contributed by atoms with Crippen molar-refractivity contribution in [1.29, 1.82) is 0 Å². The summed E-state index contributed by atoms with van der Waals surface area (Å²) in [5, 5.41) is 3.73. The Bertz CT molecular complexity index is 430. The van der Waals surface area contributed by atoms with Gasteiger partial charge in [0.05, 0.1) is 0 Å². The monoisotopic (exact) mass is 287 g/mol. The maximum atomic E-state index is 3.73. The number of benzene rings is 1. The van der Waals surface area contributed by atoms with E-state index in [9.17, 15) is 0 Å². The van der Waals surface area contributed by atoms with E-state index in [4.69, 9.17) is 0 Å². The summed E-state index contributed by atoms with van der Waals surface area (Å²) in [6.07, 6.45) is 8.00. The van der Waals surface area contributed by atoms with Crippen molar-refractivity contribution in [3.8, 4) is 0 Å². The molecule has 0 spiro atoms. The molecule has 2 rings (SSSR count). The van der Waals surface area contributed by atoms with Gasteiger partial charge in [0.25, 0.3) is 0 Å². The number of rotatable bonds is 5. The van der Waals surface area contributed by atoms with E-state index in [1.165, 1.54) is 44.1 Å². The average Bonchev–Trinajstić information content (AvgIpc) is 2.45. The van der Waals surface area contributed by atoms with Gasteiger partial charge in [-0.3, -0.25) is 0 Å². The number of nitrogens with one attached hydrogen (secondary N) is 1. The first-order valence-corrected chi connectivity index (χ1v) is 8.83. The van der Waals surface area contributed by atoms with Crippen LogP contribution in [-0.2, 0) is 6.42 Å². The van der Waals surface area contributed by atoms with Gasteiger partial charge in [0.15, 0.2) is 0 Å². The van der Waals surface area contributed by atoms with Crippen LogP contribution in [0.15, 0.2) is 24.3 Å². The van der Waals surface area contributed by atoms with Crippen LogP contribution in [0.2, 0.25) is 0 Å². The maximum absolute atomic E-state index is 3.73. The third kappa shape index (κ3) is 5.14. The van der Waals surface area contributed by atoms with Gasteiger partial charge in [-0.15, -0.1) is 0 Å². The van der Waals surface area contributed by atoms with Gasteiger partial charge < -0.3 is 5.32 Å². The van der Waals surface area contributed by atoms with Gasteiger partial charge in [-0.25, -0.2) is 0 Å². The molecule has 21 heavy (non-hydrogen) atoms. The molecular weight excluding hydrogens is 254 g/mol. The summed E-state index contributed by atoms with van der Waals surface area (Å²) in [4.78, 5) is 0. The summed E-state index contributed by atoms with van der Waals surface area (Å²) in [7, 11) is 0. The van der Waals surface area contributed by atoms with E-state index in [1.54, 1.807) is 5.56 Å². The van der Waals surface area contributed by atoms with Crippen LogP contribution in [0.25, 0.3) is 0 Å². The standard InChI is InChI=1S/C20H33N/c1-5-9-16-10-8-12-17(14-16)19-13-7-6-11-18(19)15-21-20(2,3)4/h8,10,12,14,18-19,21H,5-7,9,11,13,15H2,1-4H3. The van der Waals surface area contributed by atoms with Gasteiger partial charge in [-0.1, -0.05) is 50.5 Å². The van der Waals surface area contributed by atoms with E-state index in [-0.39, 0.29) is 5.54 Å². The zero-order valence-electron chi connectivity index (χ0n) is 14.4. The normalized spacial score (nSPS) is 23.2. The molecule has 1 fully saturated rings. The Hall–Kier alpha value is -0.820. The summed E-state index contributed by atoms with van der Waals surface area (Å²) in [6.45, 7) is 10.2. The molecular formula is C20H33N. The predicted octanol–water partition coefficient (Wildman–Crippen LogP) is 5.30. The van der Waals surface area contributed by atoms with Crippen molar-refractivity contribution in [3.63, 3.8) is 0 Å². The lowest BCUT2D eigenvalue weighted by molar-refractivity contribution is 0.269. The van der Waals surface area contributed by atoms with Crippen molar-refractivity contribution < 1.29 is 0 Å². The van der Waals surface area contributed by atoms with Crippen LogP contribution in [0.5, 0.6) is 0 Å². The molecule has 1 aromatic rings. The highest BCUT2D eigenvalue weighted by atomic mass is 14.9. The minimum absolute atomic E-state index is 0.228. The minimum Gasteiger partial charge on any atom is -0.312 e.